The lowest BCUT2D eigenvalue weighted by molar-refractivity contribution is -0.135. The molecular weight excluding hydrogens is 370 g/mol. The van der Waals surface area contributed by atoms with E-state index < -0.39 is 11.5 Å². The highest BCUT2D eigenvalue weighted by atomic mass is 79.9. The van der Waals surface area contributed by atoms with Crippen LogP contribution >= 0.6 is 15.9 Å². The molecule has 24 heavy (non-hydrogen) atoms. The Kier molecular flexibility index (Phi) is 4.39. The van der Waals surface area contributed by atoms with Gasteiger partial charge in [-0.25, -0.2) is 0 Å². The van der Waals surface area contributed by atoms with E-state index in [1.165, 1.54) is 4.90 Å². The Labute approximate surface area is 148 Å². The predicted molar refractivity (Wildman–Crippen MR) is 96.0 cm³/mol. The number of nitrogens with zero attached hydrogens (tertiary/aromatic N) is 1. The number of fused-ring (bicyclic) bond motifs is 1. The minimum Gasteiger partial charge on any atom is -0.375 e. The van der Waals surface area contributed by atoms with Crippen molar-refractivity contribution in [2.24, 2.45) is 0 Å². The summed E-state index contributed by atoms with van der Waals surface area (Å²) in [6.45, 7) is 3.93. The molecule has 0 radical (unpaired) electrons. The third-order valence-corrected chi connectivity index (χ3v) is 4.61. The van der Waals surface area contributed by atoms with Gasteiger partial charge in [0.1, 0.15) is 0 Å². The standard InChI is InChI=1S/C19H16BrNO3/c1-2-10-21-16-9-8-14(20)11-15(16)19(24,18(21)23)12-17(22)13-6-4-3-5-7-13/h2-9,11,24H,1,10,12H2/t19-/m0/s1. The largest absolute Gasteiger partial charge is 0.375 e. The fourth-order valence-electron chi connectivity index (χ4n) is 2.96. The van der Waals surface area contributed by atoms with Crippen LogP contribution in [-0.4, -0.2) is 23.3 Å². The Balaban J connectivity index is 2.03. The lowest BCUT2D eigenvalue weighted by Crippen LogP contribution is -2.41. The fraction of sp³-hybridized carbons (Fsp3) is 0.158. The molecule has 0 fully saturated rings. The zero-order valence-electron chi connectivity index (χ0n) is 12.9. The van der Waals surface area contributed by atoms with E-state index in [0.29, 0.717) is 16.8 Å². The summed E-state index contributed by atoms with van der Waals surface area (Å²) in [6, 6.07) is 13.9. The first kappa shape index (κ1) is 16.6. The van der Waals surface area contributed by atoms with Crippen molar-refractivity contribution in [3.63, 3.8) is 0 Å². The number of carbonyl (C=O) groups is 2. The van der Waals surface area contributed by atoms with Gasteiger partial charge in [0.15, 0.2) is 11.4 Å². The number of carbonyl (C=O) groups excluding carboxylic acids is 2. The van der Waals surface area contributed by atoms with E-state index in [4.69, 9.17) is 0 Å². The molecule has 3 rings (SSSR count). The fourth-order valence-corrected chi connectivity index (χ4v) is 3.32. The molecule has 1 N–H and O–H groups in total. The van der Waals surface area contributed by atoms with Gasteiger partial charge in [-0.2, -0.15) is 0 Å². The number of anilines is 1. The van der Waals surface area contributed by atoms with E-state index in [2.05, 4.69) is 22.5 Å². The molecule has 0 saturated heterocycles. The summed E-state index contributed by atoms with van der Waals surface area (Å²) in [5.74, 6) is -0.780. The number of hydrogen-bond acceptors (Lipinski definition) is 3. The van der Waals surface area contributed by atoms with Crippen LogP contribution in [0.5, 0.6) is 0 Å². The van der Waals surface area contributed by atoms with Crippen molar-refractivity contribution in [1.29, 1.82) is 0 Å². The molecule has 1 amide bonds. The van der Waals surface area contributed by atoms with Crippen molar-refractivity contribution in [3.8, 4) is 0 Å². The molecule has 2 aromatic carbocycles. The van der Waals surface area contributed by atoms with Crippen LogP contribution in [0.1, 0.15) is 22.3 Å². The van der Waals surface area contributed by atoms with E-state index in [9.17, 15) is 14.7 Å². The Morgan fingerprint density at radius 1 is 1.25 bits per heavy atom. The van der Waals surface area contributed by atoms with Gasteiger partial charge in [-0.05, 0) is 18.2 Å². The maximum atomic E-state index is 12.8. The summed E-state index contributed by atoms with van der Waals surface area (Å²) < 4.78 is 0.736. The SMILES string of the molecule is C=CCN1C(=O)[C@](O)(CC(=O)c2ccccc2)c2cc(Br)ccc21. The number of Topliss-reactive ketones (excluding diaryl/α,β-unsaturated/α-hetero) is 1. The average molecular weight is 386 g/mol. The quantitative estimate of drug-likeness (QED) is 0.633. The molecular formula is C19H16BrNO3. The first-order chi connectivity index (χ1) is 11.5. The Hall–Kier alpha value is -2.24. The number of rotatable bonds is 5. The first-order valence-electron chi connectivity index (χ1n) is 7.51. The van der Waals surface area contributed by atoms with Gasteiger partial charge in [-0.15, -0.1) is 6.58 Å². The lowest BCUT2D eigenvalue weighted by Gasteiger charge is -2.22. The highest BCUT2D eigenvalue weighted by molar-refractivity contribution is 9.10. The Morgan fingerprint density at radius 3 is 2.62 bits per heavy atom. The molecule has 0 aromatic heterocycles. The smallest absolute Gasteiger partial charge is 0.264 e. The van der Waals surface area contributed by atoms with E-state index in [0.717, 1.165) is 4.47 Å². The van der Waals surface area contributed by atoms with Gasteiger partial charge in [-0.1, -0.05) is 52.3 Å². The van der Waals surface area contributed by atoms with Crippen molar-refractivity contribution in [2.45, 2.75) is 12.0 Å². The van der Waals surface area contributed by atoms with E-state index in [-0.39, 0.29) is 18.7 Å². The van der Waals surface area contributed by atoms with Gasteiger partial charge in [0, 0.05) is 22.1 Å². The Morgan fingerprint density at radius 2 is 1.96 bits per heavy atom. The van der Waals surface area contributed by atoms with Gasteiger partial charge >= 0.3 is 0 Å². The predicted octanol–water partition coefficient (Wildman–Crippen LogP) is 3.44. The topological polar surface area (TPSA) is 57.6 Å². The molecule has 1 atom stereocenters. The molecule has 4 nitrogen and oxygen atoms in total. The zero-order valence-corrected chi connectivity index (χ0v) is 14.5. The van der Waals surface area contributed by atoms with E-state index in [1.54, 1.807) is 48.5 Å². The van der Waals surface area contributed by atoms with Crippen molar-refractivity contribution in [3.05, 3.63) is 76.8 Å². The summed E-state index contributed by atoms with van der Waals surface area (Å²) >= 11 is 3.36. The molecule has 1 aliphatic heterocycles. The first-order valence-corrected chi connectivity index (χ1v) is 8.30. The van der Waals surface area contributed by atoms with Crippen LogP contribution in [-0.2, 0) is 10.4 Å². The number of ketones is 1. The van der Waals surface area contributed by atoms with Crippen LogP contribution in [0, 0.1) is 0 Å². The van der Waals surface area contributed by atoms with Crippen LogP contribution < -0.4 is 4.90 Å². The third kappa shape index (κ3) is 2.70. The molecule has 1 heterocycles. The molecule has 0 spiro atoms. The molecule has 0 unspecified atom stereocenters. The molecule has 0 bridgehead atoms. The maximum absolute atomic E-state index is 12.8. The van der Waals surface area contributed by atoms with E-state index >= 15 is 0 Å². The Bertz CT molecular complexity index is 819. The van der Waals surface area contributed by atoms with Crippen molar-refractivity contribution in [1.82, 2.24) is 0 Å². The summed E-state index contributed by atoms with van der Waals surface area (Å²) in [5.41, 5.74) is -0.355. The van der Waals surface area contributed by atoms with Gasteiger partial charge in [0.25, 0.3) is 5.91 Å². The molecule has 0 saturated carbocycles. The van der Waals surface area contributed by atoms with Crippen molar-refractivity contribution in [2.75, 3.05) is 11.4 Å². The molecule has 5 heteroatoms. The second-order valence-corrected chi connectivity index (χ2v) is 6.61. The van der Waals surface area contributed by atoms with Crippen LogP contribution in [0.4, 0.5) is 5.69 Å². The zero-order chi connectivity index (χ0) is 17.3. The summed E-state index contributed by atoms with van der Waals surface area (Å²) in [7, 11) is 0. The monoisotopic (exact) mass is 385 g/mol. The highest BCUT2D eigenvalue weighted by Crippen LogP contribution is 2.44. The average Bonchev–Trinajstić information content (AvgIpc) is 2.78. The molecule has 122 valence electrons. The molecule has 1 aliphatic rings. The maximum Gasteiger partial charge on any atom is 0.264 e. The third-order valence-electron chi connectivity index (χ3n) is 4.12. The number of benzene rings is 2. The van der Waals surface area contributed by atoms with Gasteiger partial charge in [0.05, 0.1) is 12.1 Å². The van der Waals surface area contributed by atoms with Crippen LogP contribution in [0.2, 0.25) is 0 Å². The van der Waals surface area contributed by atoms with Crippen LogP contribution in [0.3, 0.4) is 0 Å². The molecule has 0 aliphatic carbocycles. The normalized spacial score (nSPS) is 19.2. The second kappa shape index (κ2) is 6.34. The van der Waals surface area contributed by atoms with Crippen LogP contribution in [0.15, 0.2) is 65.7 Å². The summed E-state index contributed by atoms with van der Waals surface area (Å²) in [5, 5.41) is 11.1. The van der Waals surface area contributed by atoms with Crippen molar-refractivity contribution < 1.29 is 14.7 Å². The van der Waals surface area contributed by atoms with Gasteiger partial charge < -0.3 is 10.0 Å². The lowest BCUT2D eigenvalue weighted by atomic mass is 9.88. The number of hydrogen-bond donors (Lipinski definition) is 1. The van der Waals surface area contributed by atoms with E-state index in [1.807, 2.05) is 6.07 Å². The van der Waals surface area contributed by atoms with Crippen LogP contribution in [0.25, 0.3) is 0 Å². The van der Waals surface area contributed by atoms with Gasteiger partial charge in [0.2, 0.25) is 0 Å². The summed E-state index contributed by atoms with van der Waals surface area (Å²) in [6.07, 6.45) is 1.29. The van der Waals surface area contributed by atoms with Crippen molar-refractivity contribution >= 4 is 33.3 Å². The molecule has 2 aromatic rings. The second-order valence-electron chi connectivity index (χ2n) is 5.69. The minimum atomic E-state index is -1.87. The highest BCUT2D eigenvalue weighted by Gasteiger charge is 2.50. The minimum absolute atomic E-state index is 0.273. The number of aliphatic hydroxyl groups is 1. The van der Waals surface area contributed by atoms with Gasteiger partial charge in [-0.3, -0.25) is 9.59 Å². The summed E-state index contributed by atoms with van der Waals surface area (Å²) in [4.78, 5) is 26.8. The number of amides is 1. The number of halogens is 1.